The first kappa shape index (κ1) is 28.0. The fourth-order valence-electron chi connectivity index (χ4n) is 5.08. The lowest BCUT2D eigenvalue weighted by atomic mass is 9.85. The van der Waals surface area contributed by atoms with Gasteiger partial charge in [-0.25, -0.2) is 0 Å². The Balaban J connectivity index is 1.70. The minimum Gasteiger partial charge on any atom is -0.350 e. The maximum atomic E-state index is 14.1. The van der Waals surface area contributed by atoms with E-state index in [1.165, 1.54) is 4.90 Å². The monoisotopic (exact) mass is 526 g/mol. The largest absolute Gasteiger partial charge is 0.350 e. The van der Waals surface area contributed by atoms with E-state index in [9.17, 15) is 14.4 Å². The molecular weight excluding hydrogens is 488 g/mol. The van der Waals surface area contributed by atoms with E-state index in [1.54, 1.807) is 0 Å². The molecule has 4 rings (SSSR count). The third kappa shape index (κ3) is 7.12. The van der Waals surface area contributed by atoms with Crippen molar-refractivity contribution in [1.29, 1.82) is 0 Å². The van der Waals surface area contributed by atoms with Crippen molar-refractivity contribution in [3.05, 3.63) is 101 Å². The lowest BCUT2D eigenvalue weighted by Gasteiger charge is -2.28. The van der Waals surface area contributed by atoms with Gasteiger partial charge in [-0.15, -0.1) is 0 Å². The van der Waals surface area contributed by atoms with Gasteiger partial charge in [0.15, 0.2) is 0 Å². The number of amides is 3. The van der Waals surface area contributed by atoms with E-state index in [-0.39, 0.29) is 24.3 Å². The smallest absolute Gasteiger partial charge is 0.250 e. The number of carbonyl (C=O) groups is 3. The zero-order chi connectivity index (χ0) is 28.2. The SMILES string of the molecule is Cc1ccc2c(c1)N(CC(=O)NC(C)(C)C)C(=O)C(NC(=O)[C@@H](N)Cc1ccccc1)CC2c1ccccc1. The molecule has 3 atom stereocenters. The van der Waals surface area contributed by atoms with Crippen molar-refractivity contribution in [2.45, 2.75) is 64.1 Å². The summed E-state index contributed by atoms with van der Waals surface area (Å²) in [6, 6.07) is 23.8. The minimum absolute atomic E-state index is 0.156. The first-order chi connectivity index (χ1) is 18.5. The van der Waals surface area contributed by atoms with Crippen molar-refractivity contribution in [3.63, 3.8) is 0 Å². The maximum absolute atomic E-state index is 14.1. The molecule has 3 amide bonds. The number of carbonyl (C=O) groups excluding carboxylic acids is 3. The molecule has 7 nitrogen and oxygen atoms in total. The van der Waals surface area contributed by atoms with E-state index in [2.05, 4.69) is 10.6 Å². The molecule has 0 fully saturated rings. The van der Waals surface area contributed by atoms with Gasteiger partial charge >= 0.3 is 0 Å². The van der Waals surface area contributed by atoms with E-state index in [0.29, 0.717) is 18.5 Å². The van der Waals surface area contributed by atoms with Crippen LogP contribution in [0.5, 0.6) is 0 Å². The Hall–Kier alpha value is -3.97. The Morgan fingerprint density at radius 2 is 1.64 bits per heavy atom. The molecule has 3 aromatic rings. The second kappa shape index (κ2) is 11.8. The fourth-order valence-corrected chi connectivity index (χ4v) is 5.08. The molecule has 0 aliphatic carbocycles. The van der Waals surface area contributed by atoms with Gasteiger partial charge in [0.1, 0.15) is 12.6 Å². The molecule has 0 bridgehead atoms. The summed E-state index contributed by atoms with van der Waals surface area (Å²) in [5, 5.41) is 5.90. The van der Waals surface area contributed by atoms with E-state index in [0.717, 1.165) is 22.3 Å². The van der Waals surface area contributed by atoms with Crippen molar-refractivity contribution >= 4 is 23.4 Å². The first-order valence-corrected chi connectivity index (χ1v) is 13.4. The molecule has 0 spiro atoms. The molecule has 39 heavy (non-hydrogen) atoms. The van der Waals surface area contributed by atoms with Crippen molar-refractivity contribution in [2.24, 2.45) is 5.73 Å². The molecular formula is C32H38N4O3. The number of nitrogens with zero attached hydrogens (tertiary/aromatic N) is 1. The zero-order valence-corrected chi connectivity index (χ0v) is 23.1. The summed E-state index contributed by atoms with van der Waals surface area (Å²) in [7, 11) is 0. The van der Waals surface area contributed by atoms with Crippen LogP contribution in [-0.2, 0) is 20.8 Å². The molecule has 1 aliphatic rings. The van der Waals surface area contributed by atoms with Gasteiger partial charge in [0.2, 0.25) is 17.7 Å². The van der Waals surface area contributed by atoms with Gasteiger partial charge in [0.05, 0.1) is 6.04 Å². The van der Waals surface area contributed by atoms with Gasteiger partial charge < -0.3 is 21.3 Å². The average Bonchev–Trinajstić information content (AvgIpc) is 2.99. The number of hydrogen-bond donors (Lipinski definition) is 3. The summed E-state index contributed by atoms with van der Waals surface area (Å²) in [6.07, 6.45) is 0.701. The quantitative estimate of drug-likeness (QED) is 0.435. The Labute approximate surface area is 230 Å². The van der Waals surface area contributed by atoms with Crippen LogP contribution in [0.15, 0.2) is 78.9 Å². The third-order valence-corrected chi connectivity index (χ3v) is 6.86. The maximum Gasteiger partial charge on any atom is 0.250 e. The second-order valence-corrected chi connectivity index (χ2v) is 11.3. The summed E-state index contributed by atoms with van der Waals surface area (Å²) in [5.74, 6) is -1.17. The van der Waals surface area contributed by atoms with E-state index >= 15 is 0 Å². The normalized spacial score (nSPS) is 18.1. The molecule has 0 aromatic heterocycles. The molecule has 2 unspecified atom stereocenters. The van der Waals surface area contributed by atoms with Crippen molar-refractivity contribution in [3.8, 4) is 0 Å². The van der Waals surface area contributed by atoms with Crippen molar-refractivity contribution in [1.82, 2.24) is 10.6 Å². The fraction of sp³-hybridized carbons (Fsp3) is 0.344. The number of rotatable bonds is 7. The number of anilines is 1. The lowest BCUT2D eigenvalue weighted by Crippen LogP contribution is -2.55. The summed E-state index contributed by atoms with van der Waals surface area (Å²) >= 11 is 0. The minimum atomic E-state index is -0.861. The first-order valence-electron chi connectivity index (χ1n) is 13.4. The van der Waals surface area contributed by atoms with Crippen LogP contribution in [-0.4, -0.2) is 41.9 Å². The van der Waals surface area contributed by atoms with Crippen molar-refractivity contribution < 1.29 is 14.4 Å². The summed E-state index contributed by atoms with van der Waals surface area (Å²) < 4.78 is 0. The van der Waals surface area contributed by atoms with E-state index in [1.807, 2.05) is 107 Å². The van der Waals surface area contributed by atoms with Gasteiger partial charge in [-0.05, 0) is 68.9 Å². The number of benzene rings is 3. The van der Waals surface area contributed by atoms with Crippen LogP contribution in [0.2, 0.25) is 0 Å². The predicted octanol–water partition coefficient (Wildman–Crippen LogP) is 3.83. The number of hydrogen-bond acceptors (Lipinski definition) is 4. The van der Waals surface area contributed by atoms with Gasteiger partial charge in [-0.1, -0.05) is 72.8 Å². The van der Waals surface area contributed by atoms with E-state index in [4.69, 9.17) is 5.73 Å². The number of aryl methyl sites for hydroxylation is 1. The van der Waals surface area contributed by atoms with Crippen LogP contribution in [0, 0.1) is 6.92 Å². The van der Waals surface area contributed by atoms with E-state index < -0.39 is 23.5 Å². The average molecular weight is 527 g/mol. The van der Waals surface area contributed by atoms with Gasteiger partial charge in [-0.2, -0.15) is 0 Å². The Morgan fingerprint density at radius 3 is 2.28 bits per heavy atom. The van der Waals surface area contributed by atoms with Crippen LogP contribution < -0.4 is 21.3 Å². The van der Waals surface area contributed by atoms with Crippen LogP contribution in [0.1, 0.15) is 55.4 Å². The van der Waals surface area contributed by atoms with Gasteiger partial charge in [0, 0.05) is 17.1 Å². The molecule has 1 heterocycles. The standard InChI is InChI=1S/C32H38N4O3/c1-21-15-16-24-25(23-13-9-6-10-14-23)19-27(34-30(38)26(33)18-22-11-7-5-8-12-22)31(39)36(28(24)17-21)20-29(37)35-32(2,3)4/h5-17,25-27H,18-20,33H2,1-4H3,(H,34,38)(H,35,37)/t25?,26-,27?/m0/s1. The van der Waals surface area contributed by atoms with Crippen LogP contribution in [0.3, 0.4) is 0 Å². The summed E-state index contributed by atoms with van der Waals surface area (Å²) in [6.45, 7) is 7.50. The highest BCUT2D eigenvalue weighted by atomic mass is 16.2. The zero-order valence-electron chi connectivity index (χ0n) is 23.1. The molecule has 3 aromatic carbocycles. The molecule has 204 valence electrons. The molecule has 0 saturated carbocycles. The lowest BCUT2D eigenvalue weighted by molar-refractivity contribution is -0.129. The summed E-state index contributed by atoms with van der Waals surface area (Å²) in [4.78, 5) is 42.0. The van der Waals surface area contributed by atoms with Crippen molar-refractivity contribution in [2.75, 3.05) is 11.4 Å². The third-order valence-electron chi connectivity index (χ3n) is 6.86. The Morgan fingerprint density at radius 1 is 1.00 bits per heavy atom. The van der Waals surface area contributed by atoms with Crippen LogP contribution >= 0.6 is 0 Å². The predicted molar refractivity (Wildman–Crippen MR) is 154 cm³/mol. The van der Waals surface area contributed by atoms with Gasteiger partial charge in [0.25, 0.3) is 0 Å². The Kier molecular flexibility index (Phi) is 8.51. The highest BCUT2D eigenvalue weighted by Gasteiger charge is 2.38. The molecule has 4 N–H and O–H groups in total. The number of nitrogens with one attached hydrogen (secondary N) is 2. The number of nitrogens with two attached hydrogens (primary N) is 1. The second-order valence-electron chi connectivity index (χ2n) is 11.3. The highest BCUT2D eigenvalue weighted by Crippen LogP contribution is 2.39. The molecule has 0 radical (unpaired) electrons. The highest BCUT2D eigenvalue weighted by molar-refractivity contribution is 6.04. The molecule has 0 saturated heterocycles. The summed E-state index contributed by atoms with van der Waals surface area (Å²) in [5.41, 5.74) is 10.4. The topological polar surface area (TPSA) is 105 Å². The number of fused-ring (bicyclic) bond motifs is 1. The Bertz CT molecular complexity index is 1320. The molecule has 1 aliphatic heterocycles. The van der Waals surface area contributed by atoms with Crippen LogP contribution in [0.4, 0.5) is 5.69 Å². The molecule has 7 heteroatoms. The van der Waals surface area contributed by atoms with Crippen LogP contribution in [0.25, 0.3) is 0 Å². The van der Waals surface area contributed by atoms with Gasteiger partial charge in [-0.3, -0.25) is 14.4 Å².